The summed E-state index contributed by atoms with van der Waals surface area (Å²) in [6.45, 7) is 5.83. The van der Waals surface area contributed by atoms with E-state index in [1.54, 1.807) is 11.3 Å². The van der Waals surface area contributed by atoms with Crippen LogP contribution in [0.25, 0.3) is 10.7 Å². The number of fused-ring (bicyclic) bond motifs is 1. The Balaban J connectivity index is 1.51. The number of anilines is 1. The number of hydrogen-bond acceptors (Lipinski definition) is 6. The Morgan fingerprint density at radius 1 is 1.25 bits per heavy atom. The first-order chi connectivity index (χ1) is 13.7. The van der Waals surface area contributed by atoms with E-state index in [-0.39, 0.29) is 5.91 Å². The summed E-state index contributed by atoms with van der Waals surface area (Å²) in [5.74, 6) is 1.35. The summed E-state index contributed by atoms with van der Waals surface area (Å²) in [7, 11) is 0. The topological polar surface area (TPSA) is 51.0 Å². The second-order valence-corrected chi connectivity index (χ2v) is 9.92. The van der Waals surface area contributed by atoms with Crippen molar-refractivity contribution in [2.45, 2.75) is 42.1 Å². The van der Waals surface area contributed by atoms with Crippen LogP contribution in [0.5, 0.6) is 0 Å². The average molecular weight is 431 g/mol. The van der Waals surface area contributed by atoms with E-state index in [1.807, 2.05) is 52.4 Å². The van der Waals surface area contributed by atoms with Gasteiger partial charge in [0, 0.05) is 23.2 Å². The van der Waals surface area contributed by atoms with Gasteiger partial charge in [0.25, 0.3) is 0 Å². The van der Waals surface area contributed by atoms with E-state index in [0.717, 1.165) is 41.1 Å². The lowest BCUT2D eigenvalue weighted by Crippen LogP contribution is -2.33. The SMILES string of the molecule is CCn1c(SCC(=O)N2CC[C@@H](C)Sc3ccccc32)nnc1-c1cccs1. The van der Waals surface area contributed by atoms with Crippen LogP contribution >= 0.6 is 34.9 Å². The standard InChI is InChI=1S/C20H22N4OS3/c1-3-23-19(17-9-6-12-26-17)21-22-20(23)27-13-18(25)24-11-10-14(2)28-16-8-5-4-7-15(16)24/h4-9,12,14H,3,10-11,13H2,1-2H3/t14-/m1/s1. The van der Waals surface area contributed by atoms with Crippen molar-refractivity contribution in [2.75, 3.05) is 17.2 Å². The molecule has 0 spiro atoms. The third-order valence-corrected chi connectivity index (χ3v) is 7.70. The van der Waals surface area contributed by atoms with Gasteiger partial charge in [0.05, 0.1) is 16.3 Å². The van der Waals surface area contributed by atoms with Crippen LogP contribution in [0.4, 0.5) is 5.69 Å². The van der Waals surface area contributed by atoms with Gasteiger partial charge in [-0.3, -0.25) is 4.79 Å². The Hall–Kier alpha value is -1.77. The van der Waals surface area contributed by atoms with Crippen molar-refractivity contribution >= 4 is 46.5 Å². The van der Waals surface area contributed by atoms with Crippen LogP contribution in [0.2, 0.25) is 0 Å². The molecule has 1 aliphatic heterocycles. The summed E-state index contributed by atoms with van der Waals surface area (Å²) in [6.07, 6.45) is 0.990. The van der Waals surface area contributed by atoms with Crippen molar-refractivity contribution in [1.82, 2.24) is 14.8 Å². The first-order valence-electron chi connectivity index (χ1n) is 9.33. The number of para-hydroxylation sites is 1. The van der Waals surface area contributed by atoms with E-state index in [0.29, 0.717) is 11.0 Å². The second kappa shape index (κ2) is 8.71. The number of aromatic nitrogens is 3. The predicted octanol–water partition coefficient (Wildman–Crippen LogP) is 5.04. The third-order valence-electron chi connectivity index (χ3n) is 4.64. The number of thioether (sulfide) groups is 2. The van der Waals surface area contributed by atoms with E-state index in [9.17, 15) is 4.79 Å². The highest BCUT2D eigenvalue weighted by atomic mass is 32.2. The van der Waals surface area contributed by atoms with Gasteiger partial charge in [-0.05, 0) is 36.9 Å². The maximum absolute atomic E-state index is 13.1. The highest BCUT2D eigenvalue weighted by Crippen LogP contribution is 2.37. The number of carbonyl (C=O) groups is 1. The zero-order chi connectivity index (χ0) is 19.5. The summed E-state index contributed by atoms with van der Waals surface area (Å²) in [6, 6.07) is 12.3. The molecule has 1 atom stereocenters. The number of nitrogens with zero attached hydrogens (tertiary/aromatic N) is 4. The lowest BCUT2D eigenvalue weighted by molar-refractivity contribution is -0.116. The average Bonchev–Trinajstić information content (AvgIpc) is 3.33. The summed E-state index contributed by atoms with van der Waals surface area (Å²) in [5.41, 5.74) is 1.03. The molecule has 5 nitrogen and oxygen atoms in total. The normalized spacial score (nSPS) is 16.6. The minimum atomic E-state index is 0.121. The van der Waals surface area contributed by atoms with E-state index < -0.39 is 0 Å². The van der Waals surface area contributed by atoms with Crippen molar-refractivity contribution in [3.05, 3.63) is 41.8 Å². The maximum Gasteiger partial charge on any atom is 0.237 e. The van der Waals surface area contributed by atoms with Crippen molar-refractivity contribution in [2.24, 2.45) is 0 Å². The molecule has 0 N–H and O–H groups in total. The van der Waals surface area contributed by atoms with Gasteiger partial charge in [-0.1, -0.05) is 36.9 Å². The molecule has 28 heavy (non-hydrogen) atoms. The molecule has 0 unspecified atom stereocenters. The predicted molar refractivity (Wildman–Crippen MR) is 118 cm³/mol. The zero-order valence-corrected chi connectivity index (χ0v) is 18.3. The quantitative estimate of drug-likeness (QED) is 0.531. The second-order valence-electron chi connectivity index (χ2n) is 6.55. The van der Waals surface area contributed by atoms with Crippen LogP contribution in [-0.2, 0) is 11.3 Å². The Morgan fingerprint density at radius 2 is 2.11 bits per heavy atom. The molecule has 0 saturated heterocycles. The summed E-state index contributed by atoms with van der Waals surface area (Å²) < 4.78 is 2.08. The molecule has 1 aliphatic rings. The Kier molecular flexibility index (Phi) is 6.08. The van der Waals surface area contributed by atoms with Gasteiger partial charge < -0.3 is 9.47 Å². The highest BCUT2D eigenvalue weighted by Gasteiger charge is 2.25. The number of benzene rings is 1. The molecule has 2 aromatic heterocycles. The van der Waals surface area contributed by atoms with E-state index >= 15 is 0 Å². The maximum atomic E-state index is 13.1. The molecule has 0 radical (unpaired) electrons. The number of rotatable bonds is 5. The van der Waals surface area contributed by atoms with Crippen LogP contribution in [0, 0.1) is 0 Å². The molecule has 0 saturated carbocycles. The fourth-order valence-electron chi connectivity index (χ4n) is 3.22. The van der Waals surface area contributed by atoms with Gasteiger partial charge in [0.2, 0.25) is 5.91 Å². The van der Waals surface area contributed by atoms with Crippen LogP contribution < -0.4 is 4.90 Å². The first kappa shape index (κ1) is 19.5. The van der Waals surface area contributed by atoms with Crippen LogP contribution in [0.3, 0.4) is 0 Å². The molecule has 1 aromatic carbocycles. The minimum absolute atomic E-state index is 0.121. The fraction of sp³-hybridized carbons (Fsp3) is 0.350. The highest BCUT2D eigenvalue weighted by molar-refractivity contribution is 8.00. The molecule has 146 valence electrons. The molecule has 1 amide bonds. The molecule has 0 bridgehead atoms. The lowest BCUT2D eigenvalue weighted by Gasteiger charge is -2.22. The Morgan fingerprint density at radius 3 is 2.89 bits per heavy atom. The fourth-order valence-corrected chi connectivity index (χ4v) is 5.93. The van der Waals surface area contributed by atoms with Crippen molar-refractivity contribution in [1.29, 1.82) is 0 Å². The van der Waals surface area contributed by atoms with Crippen molar-refractivity contribution in [3.63, 3.8) is 0 Å². The van der Waals surface area contributed by atoms with Gasteiger partial charge in [0.15, 0.2) is 11.0 Å². The number of thiophene rings is 1. The molecular formula is C20H22N4OS3. The number of amides is 1. The largest absolute Gasteiger partial charge is 0.311 e. The Labute approximate surface area is 177 Å². The van der Waals surface area contributed by atoms with Gasteiger partial charge in [-0.25, -0.2) is 0 Å². The first-order valence-corrected chi connectivity index (χ1v) is 12.1. The smallest absolute Gasteiger partial charge is 0.237 e. The van der Waals surface area contributed by atoms with E-state index in [1.165, 1.54) is 16.7 Å². The molecule has 0 fully saturated rings. The van der Waals surface area contributed by atoms with Crippen molar-refractivity contribution < 1.29 is 4.79 Å². The molecule has 8 heteroatoms. The molecule has 0 aliphatic carbocycles. The minimum Gasteiger partial charge on any atom is -0.311 e. The summed E-state index contributed by atoms with van der Waals surface area (Å²) in [5, 5.41) is 12.0. The van der Waals surface area contributed by atoms with Crippen molar-refractivity contribution in [3.8, 4) is 10.7 Å². The van der Waals surface area contributed by atoms with Gasteiger partial charge >= 0.3 is 0 Å². The van der Waals surface area contributed by atoms with E-state index in [2.05, 4.69) is 34.7 Å². The van der Waals surface area contributed by atoms with Gasteiger partial charge in [-0.15, -0.1) is 33.3 Å². The monoisotopic (exact) mass is 430 g/mol. The zero-order valence-electron chi connectivity index (χ0n) is 15.9. The van der Waals surface area contributed by atoms with Crippen LogP contribution in [0.1, 0.15) is 20.3 Å². The van der Waals surface area contributed by atoms with Crippen LogP contribution in [0.15, 0.2) is 51.8 Å². The third kappa shape index (κ3) is 3.99. The molecule has 3 heterocycles. The molecule has 4 rings (SSSR count). The summed E-state index contributed by atoms with van der Waals surface area (Å²) in [4.78, 5) is 17.3. The van der Waals surface area contributed by atoms with Crippen LogP contribution in [-0.4, -0.2) is 38.2 Å². The van der Waals surface area contributed by atoms with Gasteiger partial charge in [-0.2, -0.15) is 0 Å². The molecular weight excluding hydrogens is 408 g/mol. The van der Waals surface area contributed by atoms with E-state index in [4.69, 9.17) is 0 Å². The number of carbonyl (C=O) groups excluding carboxylic acids is 1. The lowest BCUT2D eigenvalue weighted by atomic mass is 10.2. The van der Waals surface area contributed by atoms with Gasteiger partial charge in [0.1, 0.15) is 0 Å². The molecule has 3 aromatic rings. The number of hydrogen-bond donors (Lipinski definition) is 0. The Bertz CT molecular complexity index is 954. The summed E-state index contributed by atoms with van der Waals surface area (Å²) >= 11 is 4.97.